The molecule has 0 unspecified atom stereocenters. The molecule has 2 aromatic heterocycles. The number of hydrogen-bond acceptors (Lipinski definition) is 3. The standard InChI is InChI=1S/C46H33N3S/c1-46(2)37-17-8-6-15-34(37)35-28-27-33(29-38(35)46)48(31-13-4-3-5-14-31)41-20-12-21-42-44(41)36-16-7-10-19-40(36)49(42)32-25-23-30(24-26-32)45-47-39-18-9-11-22-43(39)50-45/h3-29H,1-2H3. The third kappa shape index (κ3) is 4.32. The first-order chi connectivity index (χ1) is 24.6. The van der Waals surface area contributed by atoms with Crippen molar-refractivity contribution in [3.63, 3.8) is 0 Å². The lowest BCUT2D eigenvalue weighted by molar-refractivity contribution is 0.660. The molecule has 2 heterocycles. The summed E-state index contributed by atoms with van der Waals surface area (Å²) in [6.07, 6.45) is 0. The molecule has 0 atom stereocenters. The molecule has 0 N–H and O–H groups in total. The Morgan fingerprint density at radius 1 is 0.580 bits per heavy atom. The first-order valence-corrected chi connectivity index (χ1v) is 18.0. The Morgan fingerprint density at radius 3 is 2.16 bits per heavy atom. The molecule has 0 saturated heterocycles. The van der Waals surface area contributed by atoms with Crippen LogP contribution in [0.5, 0.6) is 0 Å². The first-order valence-electron chi connectivity index (χ1n) is 17.1. The summed E-state index contributed by atoms with van der Waals surface area (Å²) in [5.74, 6) is 0. The quantitative estimate of drug-likeness (QED) is 0.183. The zero-order valence-corrected chi connectivity index (χ0v) is 28.7. The zero-order chi connectivity index (χ0) is 33.4. The predicted molar refractivity (Wildman–Crippen MR) is 212 cm³/mol. The molecule has 0 fully saturated rings. The Kier molecular flexibility index (Phi) is 6.39. The van der Waals surface area contributed by atoms with Crippen molar-refractivity contribution in [1.29, 1.82) is 0 Å². The summed E-state index contributed by atoms with van der Waals surface area (Å²) in [5, 5.41) is 3.50. The van der Waals surface area contributed by atoms with Gasteiger partial charge < -0.3 is 9.47 Å². The molecule has 0 radical (unpaired) electrons. The lowest BCUT2D eigenvalue weighted by Crippen LogP contribution is -2.16. The van der Waals surface area contributed by atoms with Gasteiger partial charge in [-0.1, -0.05) is 98.8 Å². The highest BCUT2D eigenvalue weighted by Crippen LogP contribution is 2.51. The maximum Gasteiger partial charge on any atom is 0.124 e. The van der Waals surface area contributed by atoms with Crippen molar-refractivity contribution in [2.75, 3.05) is 4.90 Å². The first kappa shape index (κ1) is 29.0. The molecule has 10 rings (SSSR count). The number of thiazole rings is 1. The average molecular weight is 660 g/mol. The van der Waals surface area contributed by atoms with Gasteiger partial charge in [0.2, 0.25) is 0 Å². The Bertz CT molecular complexity index is 2700. The summed E-state index contributed by atoms with van der Waals surface area (Å²) in [7, 11) is 0. The number of fused-ring (bicyclic) bond motifs is 7. The molecule has 7 aromatic carbocycles. The number of benzene rings is 7. The van der Waals surface area contributed by atoms with Crippen LogP contribution in [0.4, 0.5) is 17.1 Å². The molecular formula is C46H33N3S. The fourth-order valence-electron chi connectivity index (χ4n) is 8.05. The summed E-state index contributed by atoms with van der Waals surface area (Å²) in [5.41, 5.74) is 14.4. The molecule has 3 nitrogen and oxygen atoms in total. The molecule has 4 heteroatoms. The van der Waals surface area contributed by atoms with Crippen LogP contribution >= 0.6 is 11.3 Å². The van der Waals surface area contributed by atoms with Gasteiger partial charge in [-0.2, -0.15) is 0 Å². The monoisotopic (exact) mass is 659 g/mol. The molecular weight excluding hydrogens is 627 g/mol. The number of nitrogens with zero attached hydrogens (tertiary/aromatic N) is 3. The maximum atomic E-state index is 4.91. The van der Waals surface area contributed by atoms with Crippen molar-refractivity contribution in [1.82, 2.24) is 9.55 Å². The van der Waals surface area contributed by atoms with E-state index in [9.17, 15) is 0 Å². The fourth-order valence-corrected chi connectivity index (χ4v) is 9.02. The van der Waals surface area contributed by atoms with Crippen LogP contribution in [-0.4, -0.2) is 9.55 Å². The number of aromatic nitrogens is 2. The van der Waals surface area contributed by atoms with Crippen LogP contribution in [0, 0.1) is 0 Å². The molecule has 9 aromatic rings. The van der Waals surface area contributed by atoms with E-state index in [1.54, 1.807) is 11.3 Å². The second-order valence-electron chi connectivity index (χ2n) is 13.6. The van der Waals surface area contributed by atoms with Gasteiger partial charge in [0.15, 0.2) is 0 Å². The van der Waals surface area contributed by atoms with Crippen molar-refractivity contribution in [3.8, 4) is 27.4 Å². The van der Waals surface area contributed by atoms with Crippen LogP contribution < -0.4 is 4.90 Å². The normalized spacial score (nSPS) is 13.2. The number of hydrogen-bond donors (Lipinski definition) is 0. The van der Waals surface area contributed by atoms with Gasteiger partial charge in [0, 0.05) is 38.8 Å². The average Bonchev–Trinajstić information content (AvgIpc) is 3.82. The molecule has 50 heavy (non-hydrogen) atoms. The molecule has 0 amide bonds. The molecule has 0 aliphatic heterocycles. The third-order valence-electron chi connectivity index (χ3n) is 10.4. The van der Waals surface area contributed by atoms with Crippen molar-refractivity contribution < 1.29 is 0 Å². The summed E-state index contributed by atoms with van der Waals surface area (Å²) in [4.78, 5) is 7.35. The SMILES string of the molecule is CC1(C)c2ccccc2-c2ccc(N(c3ccccc3)c3cccc4c3c3ccccc3n4-c3ccc(-c4nc5ccccc5s4)cc3)cc21. The van der Waals surface area contributed by atoms with Gasteiger partial charge >= 0.3 is 0 Å². The van der Waals surface area contributed by atoms with Crippen molar-refractivity contribution in [2.45, 2.75) is 19.3 Å². The Labute approximate surface area is 295 Å². The van der Waals surface area contributed by atoms with E-state index in [0.717, 1.165) is 38.8 Å². The molecule has 238 valence electrons. The van der Waals surface area contributed by atoms with Crippen molar-refractivity contribution in [3.05, 3.63) is 175 Å². The van der Waals surface area contributed by atoms with E-state index in [4.69, 9.17) is 4.98 Å². The van der Waals surface area contributed by atoms with E-state index in [1.165, 1.54) is 48.8 Å². The highest BCUT2D eigenvalue weighted by Gasteiger charge is 2.36. The minimum Gasteiger partial charge on any atom is -0.310 e. The van der Waals surface area contributed by atoms with Gasteiger partial charge in [-0.15, -0.1) is 11.3 Å². The van der Waals surface area contributed by atoms with Gasteiger partial charge in [0.25, 0.3) is 0 Å². The predicted octanol–water partition coefficient (Wildman–Crippen LogP) is 12.8. The van der Waals surface area contributed by atoms with Crippen molar-refractivity contribution >= 4 is 60.4 Å². The Morgan fingerprint density at radius 2 is 1.30 bits per heavy atom. The maximum absolute atomic E-state index is 4.91. The van der Waals surface area contributed by atoms with Crippen LogP contribution in [0.15, 0.2) is 164 Å². The minimum atomic E-state index is -0.0934. The summed E-state index contributed by atoms with van der Waals surface area (Å²) in [6.45, 7) is 4.70. The van der Waals surface area contributed by atoms with Gasteiger partial charge in [0.05, 0.1) is 26.9 Å². The van der Waals surface area contributed by atoms with E-state index in [0.29, 0.717) is 0 Å². The molecule has 1 aliphatic rings. The number of anilines is 3. The second-order valence-corrected chi connectivity index (χ2v) is 14.7. The Balaban J connectivity index is 1.16. The summed E-state index contributed by atoms with van der Waals surface area (Å²) >= 11 is 1.74. The van der Waals surface area contributed by atoms with E-state index < -0.39 is 0 Å². The molecule has 0 saturated carbocycles. The largest absolute Gasteiger partial charge is 0.310 e. The highest BCUT2D eigenvalue weighted by atomic mass is 32.1. The van der Waals surface area contributed by atoms with Gasteiger partial charge in [-0.3, -0.25) is 0 Å². The zero-order valence-electron chi connectivity index (χ0n) is 27.8. The Hall–Kier alpha value is -5.97. The van der Waals surface area contributed by atoms with Crippen LogP contribution in [0.1, 0.15) is 25.0 Å². The number of para-hydroxylation sites is 3. The van der Waals surface area contributed by atoms with Crippen LogP contribution in [0.25, 0.3) is 59.4 Å². The van der Waals surface area contributed by atoms with E-state index in [-0.39, 0.29) is 5.41 Å². The lowest BCUT2D eigenvalue weighted by Gasteiger charge is -2.28. The topological polar surface area (TPSA) is 21.1 Å². The van der Waals surface area contributed by atoms with Gasteiger partial charge in [0.1, 0.15) is 5.01 Å². The van der Waals surface area contributed by atoms with Gasteiger partial charge in [-0.25, -0.2) is 4.98 Å². The van der Waals surface area contributed by atoms with Gasteiger partial charge in [-0.05, 0) is 101 Å². The van der Waals surface area contributed by atoms with Crippen molar-refractivity contribution in [2.24, 2.45) is 0 Å². The number of rotatable bonds is 5. The van der Waals surface area contributed by atoms with Crippen LogP contribution in [0.3, 0.4) is 0 Å². The van der Waals surface area contributed by atoms with Crippen LogP contribution in [-0.2, 0) is 5.41 Å². The van der Waals surface area contributed by atoms with E-state index in [2.05, 4.69) is 187 Å². The van der Waals surface area contributed by atoms with E-state index in [1.807, 2.05) is 0 Å². The molecule has 0 spiro atoms. The highest BCUT2D eigenvalue weighted by molar-refractivity contribution is 7.21. The summed E-state index contributed by atoms with van der Waals surface area (Å²) < 4.78 is 3.61. The molecule has 1 aliphatic carbocycles. The lowest BCUT2D eigenvalue weighted by atomic mass is 9.82. The summed E-state index contributed by atoms with van der Waals surface area (Å²) in [6, 6.07) is 59.4. The van der Waals surface area contributed by atoms with Crippen LogP contribution in [0.2, 0.25) is 0 Å². The third-order valence-corrected chi connectivity index (χ3v) is 11.5. The smallest absolute Gasteiger partial charge is 0.124 e. The minimum absolute atomic E-state index is 0.0934. The fraction of sp³-hybridized carbons (Fsp3) is 0.0652. The second kappa shape index (κ2) is 11.0. The van der Waals surface area contributed by atoms with E-state index >= 15 is 0 Å². The molecule has 0 bridgehead atoms.